The van der Waals surface area contributed by atoms with Crippen molar-refractivity contribution in [1.29, 1.82) is 0 Å². The van der Waals surface area contributed by atoms with Crippen LogP contribution in [0.3, 0.4) is 0 Å². The normalized spacial score (nSPS) is 20.0. The molecule has 2 fully saturated rings. The van der Waals surface area contributed by atoms with Crippen LogP contribution in [0.1, 0.15) is 72.3 Å². The van der Waals surface area contributed by atoms with E-state index < -0.39 is 6.10 Å². The SMILES string of the molecule is OC(c1ccccc1C1CCC1)c1ccccc1C1CC1. The molecule has 2 aliphatic rings. The molecule has 2 aromatic carbocycles. The molecule has 0 saturated heterocycles. The highest BCUT2D eigenvalue weighted by atomic mass is 16.3. The molecule has 1 heteroatoms. The van der Waals surface area contributed by atoms with Crippen LogP contribution in [-0.4, -0.2) is 5.11 Å². The van der Waals surface area contributed by atoms with Crippen LogP contribution in [0.25, 0.3) is 0 Å². The number of benzene rings is 2. The summed E-state index contributed by atoms with van der Waals surface area (Å²) in [6, 6.07) is 16.9. The van der Waals surface area contributed by atoms with E-state index >= 15 is 0 Å². The fraction of sp³-hybridized carbons (Fsp3) is 0.400. The van der Waals surface area contributed by atoms with Crippen LogP contribution in [0.4, 0.5) is 0 Å². The lowest BCUT2D eigenvalue weighted by Gasteiger charge is -2.29. The van der Waals surface area contributed by atoms with Gasteiger partial charge < -0.3 is 5.11 Å². The van der Waals surface area contributed by atoms with Gasteiger partial charge in [0.05, 0.1) is 0 Å². The molecule has 0 radical (unpaired) electrons. The summed E-state index contributed by atoms with van der Waals surface area (Å²) < 4.78 is 0. The van der Waals surface area contributed by atoms with Gasteiger partial charge in [-0.15, -0.1) is 0 Å². The van der Waals surface area contributed by atoms with Gasteiger partial charge in [-0.05, 0) is 59.8 Å². The predicted molar refractivity (Wildman–Crippen MR) is 85.5 cm³/mol. The molecule has 1 atom stereocenters. The topological polar surface area (TPSA) is 20.2 Å². The first-order valence-corrected chi connectivity index (χ1v) is 8.20. The fourth-order valence-electron chi connectivity index (χ4n) is 3.54. The van der Waals surface area contributed by atoms with E-state index in [1.165, 1.54) is 43.2 Å². The molecule has 0 spiro atoms. The Balaban J connectivity index is 1.73. The van der Waals surface area contributed by atoms with E-state index in [2.05, 4.69) is 48.5 Å². The molecule has 108 valence electrons. The first-order chi connectivity index (χ1) is 10.3. The molecule has 1 nitrogen and oxygen atoms in total. The van der Waals surface area contributed by atoms with E-state index in [1.54, 1.807) is 0 Å². The van der Waals surface area contributed by atoms with Crippen molar-refractivity contribution >= 4 is 0 Å². The smallest absolute Gasteiger partial charge is 0.105 e. The van der Waals surface area contributed by atoms with Crippen LogP contribution >= 0.6 is 0 Å². The van der Waals surface area contributed by atoms with Crippen molar-refractivity contribution in [1.82, 2.24) is 0 Å². The second kappa shape index (κ2) is 5.31. The van der Waals surface area contributed by atoms with Crippen molar-refractivity contribution in [3.05, 3.63) is 70.8 Å². The molecule has 4 rings (SSSR count). The minimum atomic E-state index is -0.474. The summed E-state index contributed by atoms with van der Waals surface area (Å²) in [6.45, 7) is 0. The highest BCUT2D eigenvalue weighted by molar-refractivity contribution is 5.43. The maximum Gasteiger partial charge on any atom is 0.105 e. The van der Waals surface area contributed by atoms with Gasteiger partial charge in [-0.3, -0.25) is 0 Å². The van der Waals surface area contributed by atoms with Gasteiger partial charge in [0.2, 0.25) is 0 Å². The zero-order valence-corrected chi connectivity index (χ0v) is 12.3. The molecule has 21 heavy (non-hydrogen) atoms. The average Bonchev–Trinajstić information content (AvgIpc) is 3.30. The van der Waals surface area contributed by atoms with Gasteiger partial charge in [0.15, 0.2) is 0 Å². The Hall–Kier alpha value is -1.60. The van der Waals surface area contributed by atoms with Crippen molar-refractivity contribution in [3.8, 4) is 0 Å². The molecule has 0 heterocycles. The molecule has 0 aliphatic heterocycles. The Morgan fingerprint density at radius 3 is 1.62 bits per heavy atom. The molecule has 0 amide bonds. The number of hydrogen-bond acceptors (Lipinski definition) is 1. The molecule has 0 aromatic heterocycles. The second-order valence-corrected chi connectivity index (χ2v) is 6.56. The predicted octanol–water partition coefficient (Wildman–Crippen LogP) is 4.91. The summed E-state index contributed by atoms with van der Waals surface area (Å²) >= 11 is 0. The summed E-state index contributed by atoms with van der Waals surface area (Å²) in [4.78, 5) is 0. The quantitative estimate of drug-likeness (QED) is 0.842. The Bertz CT molecular complexity index is 638. The third-order valence-electron chi connectivity index (χ3n) is 5.14. The highest BCUT2D eigenvalue weighted by Gasteiger charge is 2.30. The summed E-state index contributed by atoms with van der Waals surface area (Å²) in [5, 5.41) is 11.0. The Morgan fingerprint density at radius 1 is 0.714 bits per heavy atom. The number of aliphatic hydroxyl groups is 1. The Labute approximate surface area is 126 Å². The van der Waals surface area contributed by atoms with Crippen LogP contribution in [0.2, 0.25) is 0 Å². The molecule has 0 bridgehead atoms. The first kappa shape index (κ1) is 13.1. The first-order valence-electron chi connectivity index (χ1n) is 8.20. The number of aliphatic hydroxyl groups excluding tert-OH is 1. The maximum absolute atomic E-state index is 11.0. The van der Waals surface area contributed by atoms with E-state index in [0.717, 1.165) is 11.1 Å². The van der Waals surface area contributed by atoms with Crippen LogP contribution < -0.4 is 0 Å². The Morgan fingerprint density at radius 2 is 1.19 bits per heavy atom. The van der Waals surface area contributed by atoms with Crippen molar-refractivity contribution in [3.63, 3.8) is 0 Å². The zero-order chi connectivity index (χ0) is 14.2. The van der Waals surface area contributed by atoms with Crippen molar-refractivity contribution < 1.29 is 5.11 Å². The third-order valence-corrected chi connectivity index (χ3v) is 5.14. The zero-order valence-electron chi connectivity index (χ0n) is 12.3. The van der Waals surface area contributed by atoms with Crippen molar-refractivity contribution in [2.24, 2.45) is 0 Å². The average molecular weight is 278 g/mol. The summed E-state index contributed by atoms with van der Waals surface area (Å²) in [6.07, 6.45) is 5.94. The van der Waals surface area contributed by atoms with Crippen LogP contribution in [-0.2, 0) is 0 Å². The highest BCUT2D eigenvalue weighted by Crippen LogP contribution is 2.45. The number of rotatable bonds is 4. The van der Waals surface area contributed by atoms with Gasteiger partial charge in [0.1, 0.15) is 6.10 Å². The summed E-state index contributed by atoms with van der Waals surface area (Å²) in [7, 11) is 0. The third kappa shape index (κ3) is 2.40. The summed E-state index contributed by atoms with van der Waals surface area (Å²) in [5.74, 6) is 1.33. The van der Waals surface area contributed by atoms with Gasteiger partial charge in [-0.1, -0.05) is 55.0 Å². The van der Waals surface area contributed by atoms with E-state index in [-0.39, 0.29) is 0 Å². The monoisotopic (exact) mass is 278 g/mol. The lowest BCUT2D eigenvalue weighted by atomic mass is 9.76. The van der Waals surface area contributed by atoms with Crippen molar-refractivity contribution in [2.45, 2.75) is 50.0 Å². The largest absolute Gasteiger partial charge is 0.384 e. The van der Waals surface area contributed by atoms with E-state index in [9.17, 15) is 5.11 Å². The standard InChI is InChI=1S/C20H22O/c21-20(19-11-4-2-9-17(19)15-12-13-15)18-10-3-1-8-16(18)14-6-5-7-14/h1-4,8-11,14-15,20-21H,5-7,12-13H2. The second-order valence-electron chi connectivity index (χ2n) is 6.56. The van der Waals surface area contributed by atoms with Gasteiger partial charge in [-0.25, -0.2) is 0 Å². The lowest BCUT2D eigenvalue weighted by Crippen LogP contribution is -2.14. The molecular formula is C20H22O. The van der Waals surface area contributed by atoms with Crippen molar-refractivity contribution in [2.75, 3.05) is 0 Å². The molecule has 2 aromatic rings. The molecule has 2 aliphatic carbocycles. The van der Waals surface area contributed by atoms with E-state index in [0.29, 0.717) is 11.8 Å². The van der Waals surface area contributed by atoms with Crippen LogP contribution in [0, 0.1) is 0 Å². The van der Waals surface area contributed by atoms with Crippen LogP contribution in [0.15, 0.2) is 48.5 Å². The van der Waals surface area contributed by atoms with Gasteiger partial charge >= 0.3 is 0 Å². The van der Waals surface area contributed by atoms with Gasteiger partial charge in [-0.2, -0.15) is 0 Å². The molecular weight excluding hydrogens is 256 g/mol. The Kier molecular flexibility index (Phi) is 3.31. The van der Waals surface area contributed by atoms with Gasteiger partial charge in [0, 0.05) is 0 Å². The van der Waals surface area contributed by atoms with Crippen LogP contribution in [0.5, 0.6) is 0 Å². The molecule has 1 N–H and O–H groups in total. The number of hydrogen-bond donors (Lipinski definition) is 1. The van der Waals surface area contributed by atoms with E-state index in [1.807, 2.05) is 0 Å². The summed E-state index contributed by atoms with van der Waals surface area (Å²) in [5.41, 5.74) is 4.96. The lowest BCUT2D eigenvalue weighted by molar-refractivity contribution is 0.216. The van der Waals surface area contributed by atoms with Gasteiger partial charge in [0.25, 0.3) is 0 Å². The minimum absolute atomic E-state index is 0.474. The molecule has 1 unspecified atom stereocenters. The van der Waals surface area contributed by atoms with E-state index in [4.69, 9.17) is 0 Å². The molecule has 2 saturated carbocycles. The minimum Gasteiger partial charge on any atom is -0.384 e. The fourth-order valence-corrected chi connectivity index (χ4v) is 3.54. The maximum atomic E-state index is 11.0.